The van der Waals surface area contributed by atoms with E-state index in [0.717, 1.165) is 11.3 Å². The third-order valence-corrected chi connectivity index (χ3v) is 1.86. The van der Waals surface area contributed by atoms with Gasteiger partial charge in [0.25, 0.3) is 0 Å². The molecule has 72 valence electrons. The minimum atomic E-state index is 0.249. The zero-order valence-electron chi connectivity index (χ0n) is 7.77. The Morgan fingerprint density at radius 1 is 1.50 bits per heavy atom. The van der Waals surface area contributed by atoms with E-state index in [9.17, 15) is 0 Å². The predicted molar refractivity (Wildman–Crippen MR) is 50.2 cm³/mol. The van der Waals surface area contributed by atoms with Gasteiger partial charge in [-0.05, 0) is 18.6 Å². The molecule has 0 aromatic carbocycles. The van der Waals surface area contributed by atoms with E-state index in [0.29, 0.717) is 11.7 Å². The van der Waals surface area contributed by atoms with Crippen LogP contribution < -0.4 is 5.73 Å². The summed E-state index contributed by atoms with van der Waals surface area (Å²) in [4.78, 5) is 8.26. The molecule has 5 heteroatoms. The van der Waals surface area contributed by atoms with Gasteiger partial charge in [-0.3, -0.25) is 4.98 Å². The highest BCUT2D eigenvalue weighted by atomic mass is 16.5. The zero-order chi connectivity index (χ0) is 9.97. The highest BCUT2D eigenvalue weighted by Crippen LogP contribution is 2.16. The first-order valence-electron chi connectivity index (χ1n) is 4.26. The van der Waals surface area contributed by atoms with E-state index in [4.69, 9.17) is 10.3 Å². The van der Waals surface area contributed by atoms with Gasteiger partial charge in [0, 0.05) is 6.20 Å². The maximum Gasteiger partial charge on any atom is 0.240 e. The molecule has 2 heterocycles. The number of aromatic nitrogens is 3. The second kappa shape index (κ2) is 3.55. The third-order valence-electron chi connectivity index (χ3n) is 1.86. The number of hydrogen-bond donors (Lipinski definition) is 1. The SMILES string of the molecule is Cc1cccnc1-c1noc(CN)n1. The Morgan fingerprint density at radius 3 is 3.00 bits per heavy atom. The Hall–Kier alpha value is -1.75. The van der Waals surface area contributed by atoms with Crippen LogP contribution in [-0.4, -0.2) is 15.1 Å². The Labute approximate surface area is 81.0 Å². The van der Waals surface area contributed by atoms with Crippen LogP contribution in [0.1, 0.15) is 11.5 Å². The lowest BCUT2D eigenvalue weighted by atomic mass is 10.2. The van der Waals surface area contributed by atoms with Crippen LogP contribution in [0.4, 0.5) is 0 Å². The van der Waals surface area contributed by atoms with Crippen molar-refractivity contribution in [2.45, 2.75) is 13.5 Å². The first-order chi connectivity index (χ1) is 6.81. The van der Waals surface area contributed by atoms with E-state index in [1.54, 1.807) is 6.20 Å². The Bertz CT molecular complexity index is 438. The van der Waals surface area contributed by atoms with Crippen molar-refractivity contribution in [1.82, 2.24) is 15.1 Å². The van der Waals surface area contributed by atoms with Crippen LogP contribution in [0.2, 0.25) is 0 Å². The summed E-state index contributed by atoms with van der Waals surface area (Å²) in [5.41, 5.74) is 7.11. The van der Waals surface area contributed by atoms with Crippen LogP contribution >= 0.6 is 0 Å². The van der Waals surface area contributed by atoms with Crippen LogP contribution in [0.15, 0.2) is 22.9 Å². The summed E-state index contributed by atoms with van der Waals surface area (Å²) < 4.78 is 4.90. The molecule has 0 aliphatic heterocycles. The molecular weight excluding hydrogens is 180 g/mol. The second-order valence-electron chi connectivity index (χ2n) is 2.88. The van der Waals surface area contributed by atoms with Crippen molar-refractivity contribution in [3.05, 3.63) is 29.8 Å². The number of pyridine rings is 1. The molecule has 14 heavy (non-hydrogen) atoms. The summed E-state index contributed by atoms with van der Waals surface area (Å²) in [5.74, 6) is 0.911. The number of nitrogens with zero attached hydrogens (tertiary/aromatic N) is 3. The van der Waals surface area contributed by atoms with Gasteiger partial charge >= 0.3 is 0 Å². The smallest absolute Gasteiger partial charge is 0.240 e. The topological polar surface area (TPSA) is 77.8 Å². The second-order valence-corrected chi connectivity index (χ2v) is 2.88. The first-order valence-corrected chi connectivity index (χ1v) is 4.26. The van der Waals surface area contributed by atoms with Crippen LogP contribution in [0.3, 0.4) is 0 Å². The highest BCUT2D eigenvalue weighted by Gasteiger charge is 2.10. The molecule has 2 aromatic rings. The van der Waals surface area contributed by atoms with Crippen molar-refractivity contribution >= 4 is 0 Å². The lowest BCUT2D eigenvalue weighted by Crippen LogP contribution is -1.96. The fraction of sp³-hybridized carbons (Fsp3) is 0.222. The fourth-order valence-corrected chi connectivity index (χ4v) is 1.15. The molecule has 0 aliphatic rings. The summed E-state index contributed by atoms with van der Waals surface area (Å²) in [7, 11) is 0. The quantitative estimate of drug-likeness (QED) is 0.761. The van der Waals surface area contributed by atoms with Gasteiger partial charge in [-0.2, -0.15) is 4.98 Å². The van der Waals surface area contributed by atoms with Crippen LogP contribution in [0, 0.1) is 6.92 Å². The van der Waals surface area contributed by atoms with E-state index in [1.807, 2.05) is 19.1 Å². The van der Waals surface area contributed by atoms with Gasteiger partial charge in [0.05, 0.1) is 6.54 Å². The third kappa shape index (κ3) is 1.49. The molecule has 2 rings (SSSR count). The van der Waals surface area contributed by atoms with Crippen LogP contribution in [-0.2, 0) is 6.54 Å². The number of aryl methyl sites for hydroxylation is 1. The Balaban J connectivity index is 2.44. The molecule has 5 nitrogen and oxygen atoms in total. The van der Waals surface area contributed by atoms with Gasteiger partial charge in [-0.25, -0.2) is 0 Å². The minimum Gasteiger partial charge on any atom is -0.338 e. The molecule has 0 spiro atoms. The number of rotatable bonds is 2. The lowest BCUT2D eigenvalue weighted by molar-refractivity contribution is 0.380. The van der Waals surface area contributed by atoms with Gasteiger partial charge in [0.2, 0.25) is 11.7 Å². The molecule has 0 atom stereocenters. The molecule has 0 saturated carbocycles. The van der Waals surface area contributed by atoms with Crippen molar-refractivity contribution in [1.29, 1.82) is 0 Å². The van der Waals surface area contributed by atoms with Gasteiger partial charge in [-0.1, -0.05) is 11.2 Å². The van der Waals surface area contributed by atoms with Crippen molar-refractivity contribution in [2.75, 3.05) is 0 Å². The van der Waals surface area contributed by atoms with Crippen LogP contribution in [0.5, 0.6) is 0 Å². The number of hydrogen-bond acceptors (Lipinski definition) is 5. The zero-order valence-corrected chi connectivity index (χ0v) is 7.77. The Morgan fingerprint density at radius 2 is 2.36 bits per heavy atom. The van der Waals surface area contributed by atoms with E-state index in [-0.39, 0.29) is 6.54 Å². The van der Waals surface area contributed by atoms with E-state index in [2.05, 4.69) is 15.1 Å². The summed E-state index contributed by atoms with van der Waals surface area (Å²) in [6, 6.07) is 3.81. The maximum absolute atomic E-state index is 5.36. The summed E-state index contributed by atoms with van der Waals surface area (Å²) in [6.45, 7) is 2.19. The van der Waals surface area contributed by atoms with Crippen molar-refractivity contribution in [3.8, 4) is 11.5 Å². The average molecular weight is 190 g/mol. The van der Waals surface area contributed by atoms with Gasteiger partial charge in [0.15, 0.2) is 0 Å². The summed E-state index contributed by atoms with van der Waals surface area (Å²) >= 11 is 0. The minimum absolute atomic E-state index is 0.249. The maximum atomic E-state index is 5.36. The summed E-state index contributed by atoms with van der Waals surface area (Å²) in [6.07, 6.45) is 1.70. The van der Waals surface area contributed by atoms with E-state index in [1.165, 1.54) is 0 Å². The monoisotopic (exact) mass is 190 g/mol. The molecule has 2 aromatic heterocycles. The van der Waals surface area contributed by atoms with Gasteiger partial charge < -0.3 is 10.3 Å². The van der Waals surface area contributed by atoms with Crippen LogP contribution in [0.25, 0.3) is 11.5 Å². The standard InChI is InChI=1S/C9H10N4O/c1-6-3-2-4-11-8(6)9-12-7(5-10)14-13-9/h2-4H,5,10H2,1H3. The largest absolute Gasteiger partial charge is 0.338 e. The molecule has 0 unspecified atom stereocenters. The molecule has 0 saturated heterocycles. The molecule has 0 bridgehead atoms. The molecule has 2 N–H and O–H groups in total. The van der Waals surface area contributed by atoms with Gasteiger partial charge in [-0.15, -0.1) is 0 Å². The fourth-order valence-electron chi connectivity index (χ4n) is 1.15. The van der Waals surface area contributed by atoms with Gasteiger partial charge in [0.1, 0.15) is 5.69 Å². The molecular formula is C9H10N4O. The molecule has 0 amide bonds. The molecule has 0 fully saturated rings. The average Bonchev–Trinajstić information content (AvgIpc) is 2.67. The predicted octanol–water partition coefficient (Wildman–Crippen LogP) is 0.899. The first kappa shape index (κ1) is 8.83. The lowest BCUT2D eigenvalue weighted by Gasteiger charge is -1.96. The molecule has 0 aliphatic carbocycles. The normalized spacial score (nSPS) is 10.4. The summed E-state index contributed by atoms with van der Waals surface area (Å²) in [5, 5.41) is 3.79. The molecule has 0 radical (unpaired) electrons. The highest BCUT2D eigenvalue weighted by molar-refractivity contribution is 5.52. The van der Waals surface area contributed by atoms with Crippen molar-refractivity contribution in [2.24, 2.45) is 5.73 Å². The Kier molecular flexibility index (Phi) is 2.24. The van der Waals surface area contributed by atoms with E-state index < -0.39 is 0 Å². The van der Waals surface area contributed by atoms with E-state index >= 15 is 0 Å². The van der Waals surface area contributed by atoms with Crippen molar-refractivity contribution < 1.29 is 4.52 Å². The van der Waals surface area contributed by atoms with Crippen molar-refractivity contribution in [3.63, 3.8) is 0 Å². The number of nitrogens with two attached hydrogens (primary N) is 1.